The van der Waals surface area contributed by atoms with Crippen molar-refractivity contribution in [2.75, 3.05) is 83.1 Å². The van der Waals surface area contributed by atoms with E-state index in [0.717, 1.165) is 17.3 Å². The molecule has 53 heavy (non-hydrogen) atoms. The summed E-state index contributed by atoms with van der Waals surface area (Å²) < 4.78 is 52.3. The average Bonchev–Trinajstić information content (AvgIpc) is 3.28. The first-order valence-electron chi connectivity index (χ1n) is 18.0. The number of rotatable bonds is 9. The molecule has 13 nitrogen and oxygen atoms in total. The van der Waals surface area contributed by atoms with Crippen molar-refractivity contribution >= 4 is 47.0 Å². The SMILES string of the molecule is CCOC(=O)CN1CC(N2CCN(C(=O)[C@@H](Cc3cc(Cl)c(N)c(C(F)(F)F)c3)OC(=O)N3CCC(N4CCc5ccccc5NC4=O)CC3)CC2)C1. The number of esters is 1. The quantitative estimate of drug-likeness (QED) is 0.287. The molecule has 1 atom stereocenters. The summed E-state index contributed by atoms with van der Waals surface area (Å²) in [5, 5.41) is 2.66. The van der Waals surface area contributed by atoms with E-state index in [-0.39, 0.29) is 60.7 Å². The molecule has 0 bridgehead atoms. The van der Waals surface area contributed by atoms with Gasteiger partial charge in [-0.1, -0.05) is 29.8 Å². The van der Waals surface area contributed by atoms with Crippen molar-refractivity contribution < 1.29 is 41.8 Å². The van der Waals surface area contributed by atoms with Gasteiger partial charge in [-0.15, -0.1) is 0 Å². The number of fused-ring (bicyclic) bond motifs is 1. The highest BCUT2D eigenvalue weighted by molar-refractivity contribution is 6.33. The van der Waals surface area contributed by atoms with Crippen LogP contribution in [-0.4, -0.2) is 139 Å². The topological polar surface area (TPSA) is 141 Å². The number of likely N-dealkylation sites (tertiary alicyclic amines) is 2. The predicted molar refractivity (Wildman–Crippen MR) is 190 cm³/mol. The van der Waals surface area contributed by atoms with Gasteiger partial charge in [0.15, 0.2) is 6.10 Å². The van der Waals surface area contributed by atoms with Crippen molar-refractivity contribution in [3.05, 3.63) is 58.1 Å². The van der Waals surface area contributed by atoms with Gasteiger partial charge in [0.05, 0.1) is 29.4 Å². The fourth-order valence-corrected chi connectivity index (χ4v) is 7.76. The minimum absolute atomic E-state index is 0.0457. The number of hydrogen-bond donors (Lipinski definition) is 2. The molecule has 4 aliphatic rings. The fraction of sp³-hybridized carbons (Fsp3) is 0.556. The van der Waals surface area contributed by atoms with E-state index in [1.54, 1.807) is 16.7 Å². The van der Waals surface area contributed by atoms with E-state index in [1.165, 1.54) is 11.0 Å². The number of nitrogens with zero attached hydrogens (tertiary/aromatic N) is 5. The van der Waals surface area contributed by atoms with Gasteiger partial charge in [-0.05, 0) is 55.5 Å². The van der Waals surface area contributed by atoms with Crippen LogP contribution in [0.1, 0.15) is 36.5 Å². The number of benzene rings is 2. The van der Waals surface area contributed by atoms with Crippen LogP contribution in [0.2, 0.25) is 5.02 Å². The zero-order valence-electron chi connectivity index (χ0n) is 29.6. The van der Waals surface area contributed by atoms with Crippen LogP contribution in [0.4, 0.5) is 34.1 Å². The van der Waals surface area contributed by atoms with Gasteiger partial charge < -0.3 is 35.2 Å². The summed E-state index contributed by atoms with van der Waals surface area (Å²) in [5.74, 6) is -0.792. The smallest absolute Gasteiger partial charge is 0.418 e. The van der Waals surface area contributed by atoms with Crippen molar-refractivity contribution in [2.24, 2.45) is 0 Å². The minimum Gasteiger partial charge on any atom is -0.465 e. The molecule has 0 radical (unpaired) electrons. The monoisotopic (exact) mass is 763 g/mol. The summed E-state index contributed by atoms with van der Waals surface area (Å²) in [4.78, 5) is 61.5. The summed E-state index contributed by atoms with van der Waals surface area (Å²) in [6.07, 6.45) is -5.66. The average molecular weight is 764 g/mol. The highest BCUT2D eigenvalue weighted by Gasteiger charge is 2.39. The fourth-order valence-electron chi connectivity index (χ4n) is 7.52. The van der Waals surface area contributed by atoms with Crippen LogP contribution in [0.3, 0.4) is 0 Å². The number of nitrogens with two attached hydrogens (primary N) is 1. The molecule has 17 heteroatoms. The lowest BCUT2D eigenvalue weighted by atomic mass is 10.0. The standard InChI is InChI=1S/C36H45ClF3N7O6/c1-2-52-31(48)22-43-20-26(21-43)44-13-15-45(16-14-44)33(49)30(19-23-17-27(36(38,39)40)32(41)28(37)18-23)53-35(51)46-10-8-25(9-11-46)47-12-7-24-5-3-4-6-29(24)42-34(47)50/h3-6,17-18,25-26,30H,2,7-16,19-22,41H2,1H3,(H,42,50)/t30-/m1/s1. The van der Waals surface area contributed by atoms with Gasteiger partial charge in [-0.25, -0.2) is 9.59 Å². The second kappa shape index (κ2) is 16.4. The lowest BCUT2D eigenvalue weighted by Gasteiger charge is -2.48. The second-order valence-corrected chi connectivity index (χ2v) is 14.3. The zero-order chi connectivity index (χ0) is 37.9. The molecule has 3 saturated heterocycles. The number of nitrogen functional groups attached to an aromatic ring is 1. The lowest BCUT2D eigenvalue weighted by molar-refractivity contribution is -0.148. The number of piperidine rings is 1. The molecular weight excluding hydrogens is 719 g/mol. The maximum atomic E-state index is 14.0. The third-order valence-corrected chi connectivity index (χ3v) is 10.8. The molecule has 4 amide bonds. The molecule has 2 aromatic rings. The Balaban J connectivity index is 1.09. The van der Waals surface area contributed by atoms with E-state index in [0.29, 0.717) is 71.7 Å². The number of carbonyl (C=O) groups excluding carboxylic acids is 4. The largest absolute Gasteiger partial charge is 0.465 e. The van der Waals surface area contributed by atoms with Crippen molar-refractivity contribution in [1.29, 1.82) is 0 Å². The Kier molecular flexibility index (Phi) is 11.9. The number of piperazine rings is 1. The van der Waals surface area contributed by atoms with Gasteiger partial charge >= 0.3 is 24.3 Å². The first-order valence-corrected chi connectivity index (χ1v) is 18.4. The van der Waals surface area contributed by atoms with Gasteiger partial charge in [0, 0.05) is 83.1 Å². The molecule has 6 rings (SSSR count). The van der Waals surface area contributed by atoms with E-state index in [4.69, 9.17) is 26.8 Å². The molecule has 3 fully saturated rings. The number of amides is 4. The number of carbonyl (C=O) groups is 4. The minimum atomic E-state index is -4.79. The first-order chi connectivity index (χ1) is 25.3. The van der Waals surface area contributed by atoms with E-state index < -0.39 is 35.5 Å². The normalized spacial score (nSPS) is 19.9. The Hall–Kier alpha value is -4.28. The molecule has 4 aliphatic heterocycles. The number of hydrogen-bond acceptors (Lipinski definition) is 9. The number of para-hydroxylation sites is 1. The second-order valence-electron chi connectivity index (χ2n) is 13.9. The molecule has 0 spiro atoms. The number of alkyl halides is 3. The van der Waals surface area contributed by atoms with Crippen LogP contribution in [0.5, 0.6) is 0 Å². The van der Waals surface area contributed by atoms with Gasteiger partial charge in [0.25, 0.3) is 5.91 Å². The number of halogens is 4. The van der Waals surface area contributed by atoms with E-state index in [9.17, 15) is 32.3 Å². The van der Waals surface area contributed by atoms with Gasteiger partial charge in [0.1, 0.15) is 0 Å². The maximum Gasteiger partial charge on any atom is 0.418 e. The molecule has 288 valence electrons. The van der Waals surface area contributed by atoms with Crippen LogP contribution >= 0.6 is 11.6 Å². The number of anilines is 2. The van der Waals surface area contributed by atoms with Gasteiger partial charge in [-0.2, -0.15) is 13.2 Å². The summed E-state index contributed by atoms with van der Waals surface area (Å²) in [6.45, 7) is 6.48. The van der Waals surface area contributed by atoms with Crippen molar-refractivity contribution in [2.45, 2.75) is 57.0 Å². The van der Waals surface area contributed by atoms with Crippen LogP contribution in [0.25, 0.3) is 0 Å². The van der Waals surface area contributed by atoms with E-state index >= 15 is 0 Å². The molecule has 4 heterocycles. The molecule has 0 aliphatic carbocycles. The highest BCUT2D eigenvalue weighted by Crippen LogP contribution is 2.38. The van der Waals surface area contributed by atoms with Gasteiger partial charge in [0.2, 0.25) is 0 Å². The third-order valence-electron chi connectivity index (χ3n) is 10.5. The molecule has 3 N–H and O–H groups in total. The lowest BCUT2D eigenvalue weighted by Crippen LogP contribution is -2.64. The molecule has 0 saturated carbocycles. The molecule has 0 aromatic heterocycles. The third kappa shape index (κ3) is 9.10. The maximum absolute atomic E-state index is 14.0. The number of urea groups is 1. The van der Waals surface area contributed by atoms with Gasteiger partial charge in [-0.3, -0.25) is 19.4 Å². The predicted octanol–water partition coefficient (Wildman–Crippen LogP) is 3.93. The Morgan fingerprint density at radius 1 is 0.981 bits per heavy atom. The summed E-state index contributed by atoms with van der Waals surface area (Å²) >= 11 is 6.10. The number of ether oxygens (including phenoxy) is 2. The first kappa shape index (κ1) is 38.4. The highest BCUT2D eigenvalue weighted by atomic mass is 35.5. The molecule has 0 unspecified atom stereocenters. The Morgan fingerprint density at radius 2 is 1.68 bits per heavy atom. The van der Waals surface area contributed by atoms with Crippen molar-refractivity contribution in [1.82, 2.24) is 24.5 Å². The molecule has 2 aromatic carbocycles. The van der Waals surface area contributed by atoms with Crippen LogP contribution < -0.4 is 11.1 Å². The van der Waals surface area contributed by atoms with Crippen LogP contribution in [0.15, 0.2) is 36.4 Å². The Morgan fingerprint density at radius 3 is 2.36 bits per heavy atom. The van der Waals surface area contributed by atoms with E-state index in [2.05, 4.69) is 10.2 Å². The van der Waals surface area contributed by atoms with Crippen LogP contribution in [-0.2, 0) is 38.1 Å². The molecular formula is C36H45ClF3N7O6. The number of nitrogens with one attached hydrogen (secondary N) is 1. The summed E-state index contributed by atoms with van der Waals surface area (Å²) in [7, 11) is 0. The van der Waals surface area contributed by atoms with Crippen molar-refractivity contribution in [3.8, 4) is 0 Å². The van der Waals surface area contributed by atoms with E-state index in [1.807, 2.05) is 29.2 Å². The summed E-state index contributed by atoms with van der Waals surface area (Å²) in [5.41, 5.74) is 5.77. The Labute approximate surface area is 311 Å². The zero-order valence-corrected chi connectivity index (χ0v) is 30.3. The summed E-state index contributed by atoms with van der Waals surface area (Å²) in [6, 6.07) is 9.63. The van der Waals surface area contributed by atoms with Crippen molar-refractivity contribution in [3.63, 3.8) is 0 Å². The van der Waals surface area contributed by atoms with Crippen LogP contribution in [0, 0.1) is 0 Å². The Bertz CT molecular complexity index is 1680.